The maximum Gasteiger partial charge on any atom is 0.276 e. The van der Waals surface area contributed by atoms with Gasteiger partial charge in [-0.3, -0.25) is 4.79 Å². The van der Waals surface area contributed by atoms with Gasteiger partial charge in [-0.05, 0) is 38.1 Å². The molecular formula is C15H19N5O. The van der Waals surface area contributed by atoms with Crippen LogP contribution in [-0.4, -0.2) is 29.0 Å². The highest BCUT2D eigenvalue weighted by molar-refractivity contribution is 6.06. The van der Waals surface area contributed by atoms with E-state index in [4.69, 9.17) is 5.73 Å². The summed E-state index contributed by atoms with van der Waals surface area (Å²) in [5.41, 5.74) is 6.90. The van der Waals surface area contributed by atoms with Gasteiger partial charge in [0.25, 0.3) is 5.91 Å². The first-order valence-corrected chi connectivity index (χ1v) is 6.88. The molecule has 0 aliphatic carbocycles. The van der Waals surface area contributed by atoms with Crippen LogP contribution in [0.15, 0.2) is 36.7 Å². The van der Waals surface area contributed by atoms with E-state index in [1.165, 1.54) is 6.20 Å². The lowest BCUT2D eigenvalue weighted by molar-refractivity contribution is 0.102. The molecule has 0 fully saturated rings. The van der Waals surface area contributed by atoms with Crippen molar-refractivity contribution in [2.75, 3.05) is 29.0 Å². The fourth-order valence-electron chi connectivity index (χ4n) is 1.99. The van der Waals surface area contributed by atoms with E-state index in [-0.39, 0.29) is 11.6 Å². The number of hydrogen-bond donors (Lipinski definition) is 2. The van der Waals surface area contributed by atoms with Crippen molar-refractivity contribution in [3.63, 3.8) is 0 Å². The quantitative estimate of drug-likeness (QED) is 0.879. The molecule has 0 aliphatic heterocycles. The van der Waals surface area contributed by atoms with Crippen LogP contribution in [0.5, 0.6) is 0 Å². The second-order valence-electron chi connectivity index (χ2n) is 4.47. The average Bonchev–Trinajstić information content (AvgIpc) is 2.50. The molecule has 110 valence electrons. The molecule has 6 heteroatoms. The van der Waals surface area contributed by atoms with Gasteiger partial charge in [0.15, 0.2) is 5.69 Å². The monoisotopic (exact) mass is 285 g/mol. The zero-order valence-electron chi connectivity index (χ0n) is 12.2. The molecule has 6 nitrogen and oxygen atoms in total. The molecule has 0 atom stereocenters. The Morgan fingerprint density at radius 2 is 2.00 bits per heavy atom. The van der Waals surface area contributed by atoms with Gasteiger partial charge in [-0.1, -0.05) is 0 Å². The molecule has 1 amide bonds. The van der Waals surface area contributed by atoms with E-state index < -0.39 is 0 Å². The maximum atomic E-state index is 12.1. The first kappa shape index (κ1) is 14.8. The van der Waals surface area contributed by atoms with Gasteiger partial charge in [-0.2, -0.15) is 0 Å². The van der Waals surface area contributed by atoms with Crippen molar-refractivity contribution in [2.24, 2.45) is 0 Å². The summed E-state index contributed by atoms with van der Waals surface area (Å²) in [4.78, 5) is 22.5. The molecular weight excluding hydrogens is 266 g/mol. The van der Waals surface area contributed by atoms with E-state index in [0.29, 0.717) is 11.4 Å². The summed E-state index contributed by atoms with van der Waals surface area (Å²) in [6, 6.07) is 7.03. The zero-order chi connectivity index (χ0) is 15.2. The van der Waals surface area contributed by atoms with Crippen molar-refractivity contribution in [1.82, 2.24) is 9.97 Å². The van der Waals surface area contributed by atoms with Gasteiger partial charge in [0.1, 0.15) is 5.82 Å². The molecule has 0 saturated heterocycles. The maximum absolute atomic E-state index is 12.1. The molecule has 0 aromatic carbocycles. The molecule has 2 rings (SSSR count). The van der Waals surface area contributed by atoms with Crippen LogP contribution in [0.25, 0.3) is 0 Å². The second kappa shape index (κ2) is 6.69. The number of rotatable bonds is 5. The number of nitrogens with zero attached hydrogens (tertiary/aromatic N) is 3. The van der Waals surface area contributed by atoms with E-state index in [1.54, 1.807) is 18.3 Å². The van der Waals surface area contributed by atoms with Gasteiger partial charge in [-0.25, -0.2) is 9.97 Å². The Morgan fingerprint density at radius 3 is 2.57 bits per heavy atom. The van der Waals surface area contributed by atoms with Crippen molar-refractivity contribution in [2.45, 2.75) is 13.8 Å². The number of carbonyl (C=O) groups is 1. The number of carbonyl (C=O) groups excluding carboxylic acids is 1. The molecule has 0 aliphatic rings. The standard InChI is InChI=1S/C15H19N5O/c1-3-20(4-2)13-8-7-11(10-18-13)19-15(21)14-12(16)6-5-9-17-14/h5-10H,3-4,16H2,1-2H3,(H,19,21). The van der Waals surface area contributed by atoms with Crippen LogP contribution in [-0.2, 0) is 0 Å². The first-order chi connectivity index (χ1) is 10.2. The Morgan fingerprint density at radius 1 is 1.24 bits per heavy atom. The third-order valence-corrected chi connectivity index (χ3v) is 3.15. The molecule has 3 N–H and O–H groups in total. The molecule has 0 saturated carbocycles. The van der Waals surface area contributed by atoms with Crippen LogP contribution in [0.2, 0.25) is 0 Å². The number of anilines is 3. The third kappa shape index (κ3) is 3.47. The van der Waals surface area contributed by atoms with Gasteiger partial charge in [0.2, 0.25) is 0 Å². The van der Waals surface area contributed by atoms with E-state index in [1.807, 2.05) is 12.1 Å². The van der Waals surface area contributed by atoms with E-state index in [2.05, 4.69) is 34.0 Å². The Kier molecular flexibility index (Phi) is 4.71. The van der Waals surface area contributed by atoms with Crippen molar-refractivity contribution in [3.05, 3.63) is 42.4 Å². The number of nitrogen functional groups attached to an aromatic ring is 1. The summed E-state index contributed by atoms with van der Waals surface area (Å²) in [6.07, 6.45) is 3.16. The highest BCUT2D eigenvalue weighted by Gasteiger charge is 2.11. The Hall–Kier alpha value is -2.63. The number of hydrogen-bond acceptors (Lipinski definition) is 5. The molecule has 21 heavy (non-hydrogen) atoms. The lowest BCUT2D eigenvalue weighted by atomic mass is 10.3. The highest BCUT2D eigenvalue weighted by Crippen LogP contribution is 2.15. The number of nitrogens with one attached hydrogen (secondary N) is 1. The van der Waals surface area contributed by atoms with Gasteiger partial charge in [-0.15, -0.1) is 0 Å². The first-order valence-electron chi connectivity index (χ1n) is 6.88. The minimum atomic E-state index is -0.342. The predicted molar refractivity (Wildman–Crippen MR) is 84.4 cm³/mol. The van der Waals surface area contributed by atoms with Crippen molar-refractivity contribution < 1.29 is 4.79 Å². The van der Waals surface area contributed by atoms with Gasteiger partial charge < -0.3 is 16.0 Å². The van der Waals surface area contributed by atoms with Crippen LogP contribution in [0.4, 0.5) is 17.2 Å². The highest BCUT2D eigenvalue weighted by atomic mass is 16.1. The van der Waals surface area contributed by atoms with Crippen molar-refractivity contribution in [3.8, 4) is 0 Å². The Bertz CT molecular complexity index is 608. The lowest BCUT2D eigenvalue weighted by Gasteiger charge is -2.19. The Labute approximate surface area is 124 Å². The van der Waals surface area contributed by atoms with Gasteiger partial charge in [0, 0.05) is 19.3 Å². The van der Waals surface area contributed by atoms with Gasteiger partial charge in [0.05, 0.1) is 17.6 Å². The van der Waals surface area contributed by atoms with Crippen molar-refractivity contribution in [1.29, 1.82) is 0 Å². The van der Waals surface area contributed by atoms with Crippen LogP contribution in [0.3, 0.4) is 0 Å². The summed E-state index contributed by atoms with van der Waals surface area (Å²) in [6.45, 7) is 5.93. The summed E-state index contributed by atoms with van der Waals surface area (Å²) in [7, 11) is 0. The minimum absolute atomic E-state index is 0.213. The Balaban J connectivity index is 2.10. The normalized spacial score (nSPS) is 10.2. The SMILES string of the molecule is CCN(CC)c1ccc(NC(=O)c2ncccc2N)cn1. The van der Waals surface area contributed by atoms with Crippen LogP contribution in [0, 0.1) is 0 Å². The zero-order valence-corrected chi connectivity index (χ0v) is 12.2. The van der Waals surface area contributed by atoms with Crippen LogP contribution < -0.4 is 16.0 Å². The molecule has 2 aromatic heterocycles. The number of pyridine rings is 2. The lowest BCUT2D eigenvalue weighted by Crippen LogP contribution is -2.23. The fraction of sp³-hybridized carbons (Fsp3) is 0.267. The fourth-order valence-corrected chi connectivity index (χ4v) is 1.99. The molecule has 2 aromatic rings. The van der Waals surface area contributed by atoms with E-state index in [0.717, 1.165) is 18.9 Å². The smallest absolute Gasteiger partial charge is 0.276 e. The summed E-state index contributed by atoms with van der Waals surface area (Å²) in [5.74, 6) is 0.542. The molecule has 0 spiro atoms. The third-order valence-electron chi connectivity index (χ3n) is 3.15. The van der Waals surface area contributed by atoms with Gasteiger partial charge >= 0.3 is 0 Å². The summed E-state index contributed by atoms with van der Waals surface area (Å²) < 4.78 is 0. The molecule has 2 heterocycles. The van der Waals surface area contributed by atoms with E-state index in [9.17, 15) is 4.79 Å². The molecule has 0 bridgehead atoms. The van der Waals surface area contributed by atoms with Crippen LogP contribution in [0.1, 0.15) is 24.3 Å². The summed E-state index contributed by atoms with van der Waals surface area (Å²) in [5, 5.41) is 2.74. The van der Waals surface area contributed by atoms with E-state index >= 15 is 0 Å². The largest absolute Gasteiger partial charge is 0.397 e. The molecule has 0 radical (unpaired) electrons. The predicted octanol–water partition coefficient (Wildman–Crippen LogP) is 2.16. The summed E-state index contributed by atoms with van der Waals surface area (Å²) >= 11 is 0. The minimum Gasteiger partial charge on any atom is -0.397 e. The topological polar surface area (TPSA) is 84.1 Å². The molecule has 0 unspecified atom stereocenters. The average molecular weight is 285 g/mol. The van der Waals surface area contributed by atoms with Crippen LogP contribution >= 0.6 is 0 Å². The number of nitrogens with two attached hydrogens (primary N) is 1. The number of aromatic nitrogens is 2. The van der Waals surface area contributed by atoms with Crippen molar-refractivity contribution >= 4 is 23.1 Å². The second-order valence-corrected chi connectivity index (χ2v) is 4.47. The number of amides is 1.